The van der Waals surface area contributed by atoms with Crippen molar-refractivity contribution in [2.45, 2.75) is 6.92 Å². The van der Waals surface area contributed by atoms with E-state index in [0.29, 0.717) is 12.1 Å². The standard InChI is InChI=1S/C10H7F3N2O/c1-5(4-14)10(16)15-8-3-6(11)2-7(12)9(8)13/h2-3,5H,1H3,(H,15,16). The molecule has 0 radical (unpaired) electrons. The molecule has 0 saturated heterocycles. The molecule has 0 bridgehead atoms. The van der Waals surface area contributed by atoms with Crippen LogP contribution in [0.2, 0.25) is 0 Å². The minimum atomic E-state index is -1.40. The Bertz CT molecular complexity index is 468. The van der Waals surface area contributed by atoms with E-state index in [1.54, 1.807) is 6.07 Å². The topological polar surface area (TPSA) is 52.9 Å². The van der Waals surface area contributed by atoms with Crippen molar-refractivity contribution >= 4 is 11.6 Å². The second kappa shape index (κ2) is 4.66. The van der Waals surface area contributed by atoms with E-state index in [4.69, 9.17) is 5.26 Å². The molecular weight excluding hydrogens is 221 g/mol. The van der Waals surface area contributed by atoms with Crippen LogP contribution in [0.1, 0.15) is 6.92 Å². The number of carbonyl (C=O) groups excluding carboxylic acids is 1. The van der Waals surface area contributed by atoms with Gasteiger partial charge in [-0.1, -0.05) is 0 Å². The molecule has 1 N–H and O–H groups in total. The van der Waals surface area contributed by atoms with Crippen molar-refractivity contribution in [2.75, 3.05) is 5.32 Å². The maximum absolute atomic E-state index is 13.1. The van der Waals surface area contributed by atoms with Gasteiger partial charge in [0.05, 0.1) is 11.8 Å². The van der Waals surface area contributed by atoms with Crippen LogP contribution in [-0.4, -0.2) is 5.91 Å². The number of hydrogen-bond donors (Lipinski definition) is 1. The molecule has 1 aromatic carbocycles. The Morgan fingerprint density at radius 2 is 2.06 bits per heavy atom. The van der Waals surface area contributed by atoms with Crippen molar-refractivity contribution in [2.24, 2.45) is 5.92 Å². The first kappa shape index (κ1) is 12.0. The Morgan fingerprint density at radius 3 is 2.62 bits per heavy atom. The minimum absolute atomic E-state index is 0.360. The monoisotopic (exact) mass is 228 g/mol. The molecule has 0 fully saturated rings. The lowest BCUT2D eigenvalue weighted by Gasteiger charge is -2.07. The van der Waals surface area contributed by atoms with Crippen molar-refractivity contribution in [1.82, 2.24) is 0 Å². The van der Waals surface area contributed by atoms with E-state index in [0.717, 1.165) is 0 Å². The summed E-state index contributed by atoms with van der Waals surface area (Å²) in [6.07, 6.45) is 0. The van der Waals surface area contributed by atoms with Gasteiger partial charge in [-0.2, -0.15) is 5.26 Å². The van der Waals surface area contributed by atoms with Crippen molar-refractivity contribution in [3.05, 3.63) is 29.6 Å². The highest BCUT2D eigenvalue weighted by molar-refractivity contribution is 5.93. The summed E-state index contributed by atoms with van der Waals surface area (Å²) in [5, 5.41) is 10.3. The molecule has 84 valence electrons. The SMILES string of the molecule is CC(C#N)C(=O)Nc1cc(F)cc(F)c1F. The van der Waals surface area contributed by atoms with Gasteiger partial charge >= 0.3 is 0 Å². The molecule has 6 heteroatoms. The lowest BCUT2D eigenvalue weighted by molar-refractivity contribution is -0.117. The Morgan fingerprint density at radius 1 is 1.44 bits per heavy atom. The van der Waals surface area contributed by atoms with Gasteiger partial charge in [-0.3, -0.25) is 4.79 Å². The largest absolute Gasteiger partial charge is 0.322 e. The summed E-state index contributed by atoms with van der Waals surface area (Å²) in [6, 6.07) is 2.61. The Kier molecular flexibility index (Phi) is 3.51. The second-order valence-corrected chi connectivity index (χ2v) is 3.09. The van der Waals surface area contributed by atoms with Crippen LogP contribution >= 0.6 is 0 Å². The Balaban J connectivity index is 2.99. The summed E-state index contributed by atoms with van der Waals surface area (Å²) in [6.45, 7) is 1.28. The van der Waals surface area contributed by atoms with Crippen LogP contribution in [0.5, 0.6) is 0 Å². The smallest absolute Gasteiger partial charge is 0.241 e. The molecule has 1 rings (SSSR count). The zero-order chi connectivity index (χ0) is 12.3. The van der Waals surface area contributed by atoms with Crippen molar-refractivity contribution in [1.29, 1.82) is 5.26 Å². The number of amides is 1. The zero-order valence-electron chi connectivity index (χ0n) is 8.22. The van der Waals surface area contributed by atoms with Gasteiger partial charge in [0, 0.05) is 12.1 Å². The summed E-state index contributed by atoms with van der Waals surface area (Å²) in [5.41, 5.74) is -0.621. The van der Waals surface area contributed by atoms with Crippen LogP contribution in [-0.2, 0) is 4.79 Å². The second-order valence-electron chi connectivity index (χ2n) is 3.09. The van der Waals surface area contributed by atoms with Crippen molar-refractivity contribution < 1.29 is 18.0 Å². The van der Waals surface area contributed by atoms with Gasteiger partial charge in [0.15, 0.2) is 11.6 Å². The van der Waals surface area contributed by atoms with E-state index in [1.807, 2.05) is 5.32 Å². The normalized spacial score (nSPS) is 11.7. The highest BCUT2D eigenvalue weighted by Crippen LogP contribution is 2.19. The van der Waals surface area contributed by atoms with Gasteiger partial charge in [0.2, 0.25) is 5.91 Å². The Labute approximate surface area is 89.5 Å². The van der Waals surface area contributed by atoms with E-state index in [2.05, 4.69) is 0 Å². The highest BCUT2D eigenvalue weighted by Gasteiger charge is 2.17. The molecule has 1 aromatic rings. The van der Waals surface area contributed by atoms with E-state index in [9.17, 15) is 18.0 Å². The summed E-state index contributed by atoms with van der Waals surface area (Å²) in [7, 11) is 0. The van der Waals surface area contributed by atoms with Crippen LogP contribution in [0, 0.1) is 34.7 Å². The lowest BCUT2D eigenvalue weighted by Crippen LogP contribution is -2.20. The maximum Gasteiger partial charge on any atom is 0.241 e. The summed E-state index contributed by atoms with van der Waals surface area (Å²) < 4.78 is 38.5. The molecule has 16 heavy (non-hydrogen) atoms. The van der Waals surface area contributed by atoms with Crippen molar-refractivity contribution in [3.8, 4) is 6.07 Å². The van der Waals surface area contributed by atoms with E-state index in [-0.39, 0.29) is 0 Å². The van der Waals surface area contributed by atoms with E-state index in [1.165, 1.54) is 6.92 Å². The van der Waals surface area contributed by atoms with E-state index < -0.39 is 35.0 Å². The van der Waals surface area contributed by atoms with Crippen LogP contribution in [0.15, 0.2) is 12.1 Å². The number of hydrogen-bond acceptors (Lipinski definition) is 2. The third-order valence-corrected chi connectivity index (χ3v) is 1.84. The molecule has 1 atom stereocenters. The minimum Gasteiger partial charge on any atom is -0.322 e. The van der Waals surface area contributed by atoms with Gasteiger partial charge in [-0.05, 0) is 6.92 Å². The quantitative estimate of drug-likeness (QED) is 0.789. The first-order valence-corrected chi connectivity index (χ1v) is 4.30. The number of benzene rings is 1. The molecular formula is C10H7F3N2O. The first-order chi connectivity index (χ1) is 7.45. The highest BCUT2D eigenvalue weighted by atomic mass is 19.2. The average Bonchev–Trinajstić information content (AvgIpc) is 2.23. The van der Waals surface area contributed by atoms with Crippen molar-refractivity contribution in [3.63, 3.8) is 0 Å². The average molecular weight is 228 g/mol. The number of carbonyl (C=O) groups is 1. The molecule has 0 aliphatic carbocycles. The molecule has 0 saturated carbocycles. The van der Waals surface area contributed by atoms with Gasteiger partial charge in [-0.25, -0.2) is 13.2 Å². The maximum atomic E-state index is 13.1. The predicted molar refractivity (Wildman–Crippen MR) is 49.7 cm³/mol. The van der Waals surface area contributed by atoms with Gasteiger partial charge in [-0.15, -0.1) is 0 Å². The summed E-state index contributed by atoms with van der Waals surface area (Å²) in [5.74, 6) is -5.64. The molecule has 0 aliphatic rings. The fraction of sp³-hybridized carbons (Fsp3) is 0.200. The molecule has 0 heterocycles. The molecule has 1 amide bonds. The number of nitrogens with zero attached hydrogens (tertiary/aromatic N) is 1. The summed E-state index contributed by atoms with van der Waals surface area (Å²) in [4.78, 5) is 11.2. The van der Waals surface area contributed by atoms with Gasteiger partial charge in [0.1, 0.15) is 11.7 Å². The predicted octanol–water partition coefficient (Wildman–Crippen LogP) is 2.20. The number of anilines is 1. The number of nitriles is 1. The van der Waals surface area contributed by atoms with Gasteiger partial charge in [0.25, 0.3) is 0 Å². The first-order valence-electron chi connectivity index (χ1n) is 4.30. The molecule has 0 spiro atoms. The summed E-state index contributed by atoms with van der Waals surface area (Å²) >= 11 is 0. The van der Waals surface area contributed by atoms with Crippen LogP contribution < -0.4 is 5.32 Å². The molecule has 0 aliphatic heterocycles. The molecule has 0 aromatic heterocycles. The zero-order valence-corrected chi connectivity index (χ0v) is 8.22. The van der Waals surface area contributed by atoms with Crippen LogP contribution in [0.4, 0.5) is 18.9 Å². The lowest BCUT2D eigenvalue weighted by atomic mass is 10.2. The number of rotatable bonds is 2. The fourth-order valence-corrected chi connectivity index (χ4v) is 0.947. The van der Waals surface area contributed by atoms with Crippen LogP contribution in [0.3, 0.4) is 0 Å². The number of nitrogens with one attached hydrogen (secondary N) is 1. The third kappa shape index (κ3) is 2.51. The Hall–Kier alpha value is -2.03. The van der Waals surface area contributed by atoms with Crippen LogP contribution in [0.25, 0.3) is 0 Å². The third-order valence-electron chi connectivity index (χ3n) is 1.84. The van der Waals surface area contributed by atoms with E-state index >= 15 is 0 Å². The van der Waals surface area contributed by atoms with Gasteiger partial charge < -0.3 is 5.32 Å². The molecule has 1 unspecified atom stereocenters. The number of halogens is 3. The fourth-order valence-electron chi connectivity index (χ4n) is 0.947. The molecule has 3 nitrogen and oxygen atoms in total.